The number of hydrogen-bond donors (Lipinski definition) is 1. The summed E-state index contributed by atoms with van der Waals surface area (Å²) in [5, 5.41) is 10.5. The molecule has 5 nitrogen and oxygen atoms in total. The lowest BCUT2D eigenvalue weighted by atomic mass is 10.3. The van der Waals surface area contributed by atoms with Crippen LogP contribution in [0.5, 0.6) is 5.75 Å². The summed E-state index contributed by atoms with van der Waals surface area (Å²) in [6, 6.07) is 7.83. The molecule has 0 spiro atoms. The van der Waals surface area contributed by atoms with E-state index in [-0.39, 0.29) is 12.0 Å². The number of anilines is 2. The van der Waals surface area contributed by atoms with Gasteiger partial charge in [0.05, 0.1) is 6.10 Å². The van der Waals surface area contributed by atoms with Crippen LogP contribution in [0, 0.1) is 0 Å². The quantitative estimate of drug-likeness (QED) is 0.842. The van der Waals surface area contributed by atoms with Gasteiger partial charge in [-0.3, -0.25) is 0 Å². The largest absolute Gasteiger partial charge is 0.491 e. The summed E-state index contributed by atoms with van der Waals surface area (Å²) in [7, 11) is 0. The van der Waals surface area contributed by atoms with Crippen molar-refractivity contribution in [2.45, 2.75) is 25.8 Å². The molecule has 0 bridgehead atoms. The van der Waals surface area contributed by atoms with E-state index < -0.39 is 0 Å². The first-order valence-electron chi connectivity index (χ1n) is 5.59. The molecule has 0 fully saturated rings. The number of hydrogen-bond acceptors (Lipinski definition) is 5. The molecule has 2 rings (SSSR count). The van der Waals surface area contributed by atoms with Crippen molar-refractivity contribution in [2.75, 3.05) is 5.32 Å². The molecule has 0 aliphatic carbocycles. The third kappa shape index (κ3) is 3.37. The van der Waals surface area contributed by atoms with Gasteiger partial charge in [-0.2, -0.15) is 0 Å². The number of nitrogens with one attached hydrogen (secondary N) is 1. The number of alkyl halides is 1. The molecule has 6 heteroatoms. The third-order valence-electron chi connectivity index (χ3n) is 2.06. The zero-order valence-corrected chi connectivity index (χ0v) is 10.9. The van der Waals surface area contributed by atoms with Gasteiger partial charge in [0, 0.05) is 5.69 Å². The Bertz CT molecular complexity index is 496. The molecule has 1 aromatic carbocycles. The van der Waals surface area contributed by atoms with Crippen LogP contribution in [-0.4, -0.2) is 16.3 Å². The molecule has 2 aromatic rings. The van der Waals surface area contributed by atoms with E-state index in [2.05, 4.69) is 15.5 Å². The summed E-state index contributed by atoms with van der Waals surface area (Å²) in [5.74, 6) is 1.41. The van der Waals surface area contributed by atoms with Gasteiger partial charge in [-0.05, 0) is 38.1 Å². The highest BCUT2D eigenvalue weighted by Crippen LogP contribution is 2.20. The van der Waals surface area contributed by atoms with Gasteiger partial charge in [0.25, 0.3) is 0 Å². The van der Waals surface area contributed by atoms with E-state index in [0.717, 1.165) is 11.4 Å². The molecule has 1 heterocycles. The topological polar surface area (TPSA) is 60.2 Å². The predicted octanol–water partition coefficient (Wildman–Crippen LogP) is 3.34. The van der Waals surface area contributed by atoms with E-state index in [4.69, 9.17) is 20.8 Å². The Morgan fingerprint density at radius 1 is 1.28 bits per heavy atom. The van der Waals surface area contributed by atoms with E-state index in [1.807, 2.05) is 38.1 Å². The van der Waals surface area contributed by atoms with E-state index in [9.17, 15) is 0 Å². The summed E-state index contributed by atoms with van der Waals surface area (Å²) < 4.78 is 10.8. The minimum absolute atomic E-state index is 0.158. The van der Waals surface area contributed by atoms with Crippen LogP contribution >= 0.6 is 11.6 Å². The number of ether oxygens (including phenoxy) is 1. The Morgan fingerprint density at radius 2 is 2.00 bits per heavy atom. The molecule has 0 saturated heterocycles. The first-order valence-corrected chi connectivity index (χ1v) is 6.13. The summed E-state index contributed by atoms with van der Waals surface area (Å²) in [4.78, 5) is 0. The number of rotatable bonds is 5. The molecule has 0 amide bonds. The highest BCUT2D eigenvalue weighted by Gasteiger charge is 2.05. The van der Waals surface area contributed by atoms with Gasteiger partial charge in [-0.25, -0.2) is 0 Å². The molecule has 0 saturated carbocycles. The van der Waals surface area contributed by atoms with Gasteiger partial charge in [-0.15, -0.1) is 16.7 Å². The van der Waals surface area contributed by atoms with Gasteiger partial charge in [0.2, 0.25) is 5.89 Å². The molecule has 18 heavy (non-hydrogen) atoms. The molecule has 0 unspecified atom stereocenters. The first-order chi connectivity index (χ1) is 8.67. The van der Waals surface area contributed by atoms with Crippen molar-refractivity contribution in [1.82, 2.24) is 10.2 Å². The van der Waals surface area contributed by atoms with Gasteiger partial charge < -0.3 is 14.5 Å². The molecule has 1 N–H and O–H groups in total. The lowest BCUT2D eigenvalue weighted by Gasteiger charge is -2.09. The first kappa shape index (κ1) is 12.7. The fourth-order valence-corrected chi connectivity index (χ4v) is 1.48. The summed E-state index contributed by atoms with van der Waals surface area (Å²) in [6.45, 7) is 3.97. The van der Waals surface area contributed by atoms with E-state index in [1.54, 1.807) is 0 Å². The van der Waals surface area contributed by atoms with Crippen LogP contribution < -0.4 is 10.1 Å². The van der Waals surface area contributed by atoms with Crippen molar-refractivity contribution < 1.29 is 9.15 Å². The van der Waals surface area contributed by atoms with Gasteiger partial charge >= 0.3 is 6.01 Å². The standard InChI is InChI=1S/C12H14ClN3O2/c1-8(2)17-10-5-3-9(4-6-10)14-12-16-15-11(7-13)18-12/h3-6,8H,7H2,1-2H3,(H,14,16). The molecule has 0 atom stereocenters. The van der Waals surface area contributed by atoms with E-state index in [0.29, 0.717) is 11.9 Å². The predicted molar refractivity (Wildman–Crippen MR) is 69.3 cm³/mol. The maximum atomic E-state index is 5.57. The van der Waals surface area contributed by atoms with Gasteiger partial charge in [0.1, 0.15) is 11.6 Å². The second-order valence-electron chi connectivity index (χ2n) is 3.95. The molecule has 0 aliphatic rings. The van der Waals surface area contributed by atoms with Gasteiger partial charge in [0.15, 0.2) is 0 Å². The minimum Gasteiger partial charge on any atom is -0.491 e. The SMILES string of the molecule is CC(C)Oc1ccc(Nc2nnc(CCl)o2)cc1. The van der Waals surface area contributed by atoms with Crippen LogP contribution in [0.1, 0.15) is 19.7 Å². The highest BCUT2D eigenvalue weighted by molar-refractivity contribution is 6.16. The summed E-state index contributed by atoms with van der Waals surface area (Å²) >= 11 is 5.57. The highest BCUT2D eigenvalue weighted by atomic mass is 35.5. The lowest BCUT2D eigenvalue weighted by Crippen LogP contribution is -2.05. The van der Waals surface area contributed by atoms with Crippen LogP contribution in [0.2, 0.25) is 0 Å². The molecular weight excluding hydrogens is 254 g/mol. The number of nitrogens with zero attached hydrogens (tertiary/aromatic N) is 2. The maximum absolute atomic E-state index is 5.57. The Morgan fingerprint density at radius 3 is 2.56 bits per heavy atom. The van der Waals surface area contributed by atoms with Crippen LogP contribution in [0.25, 0.3) is 0 Å². The van der Waals surface area contributed by atoms with Crippen molar-refractivity contribution in [3.8, 4) is 5.75 Å². The Labute approximate surface area is 110 Å². The average Bonchev–Trinajstić information content (AvgIpc) is 2.79. The molecular formula is C12H14ClN3O2. The second-order valence-corrected chi connectivity index (χ2v) is 4.22. The van der Waals surface area contributed by atoms with Crippen molar-refractivity contribution in [3.05, 3.63) is 30.2 Å². The monoisotopic (exact) mass is 267 g/mol. The summed E-state index contributed by atoms with van der Waals surface area (Å²) in [6.07, 6.45) is 0.158. The van der Waals surface area contributed by atoms with E-state index in [1.165, 1.54) is 0 Å². The Balaban J connectivity index is 2.01. The Kier molecular flexibility index (Phi) is 4.04. The minimum atomic E-state index is 0.158. The van der Waals surface area contributed by atoms with E-state index >= 15 is 0 Å². The maximum Gasteiger partial charge on any atom is 0.320 e. The van der Waals surface area contributed by atoms with Crippen LogP contribution in [-0.2, 0) is 5.88 Å². The van der Waals surface area contributed by atoms with Crippen molar-refractivity contribution >= 4 is 23.3 Å². The van der Waals surface area contributed by atoms with Crippen LogP contribution in [0.3, 0.4) is 0 Å². The zero-order chi connectivity index (χ0) is 13.0. The molecule has 1 aromatic heterocycles. The van der Waals surface area contributed by atoms with Crippen molar-refractivity contribution in [2.24, 2.45) is 0 Å². The Hall–Kier alpha value is -1.75. The van der Waals surface area contributed by atoms with Gasteiger partial charge in [-0.1, -0.05) is 5.10 Å². The number of halogens is 1. The average molecular weight is 268 g/mol. The third-order valence-corrected chi connectivity index (χ3v) is 2.29. The molecule has 0 radical (unpaired) electrons. The zero-order valence-electron chi connectivity index (χ0n) is 10.2. The van der Waals surface area contributed by atoms with Crippen LogP contribution in [0.15, 0.2) is 28.7 Å². The smallest absolute Gasteiger partial charge is 0.320 e. The number of aromatic nitrogens is 2. The second kappa shape index (κ2) is 5.73. The van der Waals surface area contributed by atoms with Crippen LogP contribution in [0.4, 0.5) is 11.7 Å². The van der Waals surface area contributed by atoms with Crippen molar-refractivity contribution in [1.29, 1.82) is 0 Å². The number of benzene rings is 1. The molecule has 96 valence electrons. The fourth-order valence-electron chi connectivity index (χ4n) is 1.37. The van der Waals surface area contributed by atoms with Crippen molar-refractivity contribution in [3.63, 3.8) is 0 Å². The summed E-state index contributed by atoms with van der Waals surface area (Å²) in [5.41, 5.74) is 0.843. The molecule has 0 aliphatic heterocycles. The lowest BCUT2D eigenvalue weighted by molar-refractivity contribution is 0.242. The normalized spacial score (nSPS) is 10.7. The fraction of sp³-hybridized carbons (Fsp3) is 0.333.